The fourth-order valence-electron chi connectivity index (χ4n) is 1.64. The molecular formula is C9H12N4O. The first kappa shape index (κ1) is 9.08. The van der Waals surface area contributed by atoms with E-state index in [-0.39, 0.29) is 6.42 Å². The van der Waals surface area contributed by atoms with Crippen molar-refractivity contribution in [2.75, 3.05) is 0 Å². The van der Waals surface area contributed by atoms with Crippen LogP contribution in [0.3, 0.4) is 0 Å². The molecule has 5 nitrogen and oxygen atoms in total. The summed E-state index contributed by atoms with van der Waals surface area (Å²) >= 11 is 0. The van der Waals surface area contributed by atoms with E-state index in [1.165, 1.54) is 0 Å². The molecule has 0 radical (unpaired) electrons. The quantitative estimate of drug-likeness (QED) is 0.656. The summed E-state index contributed by atoms with van der Waals surface area (Å²) in [6.45, 7) is 3.50. The lowest BCUT2D eigenvalue weighted by Crippen LogP contribution is -2.17. The first-order valence-electron chi connectivity index (χ1n) is 4.51. The lowest BCUT2D eigenvalue weighted by molar-refractivity contribution is -0.117. The van der Waals surface area contributed by atoms with Crippen LogP contribution in [-0.2, 0) is 24.3 Å². The molecule has 0 spiro atoms. The Morgan fingerprint density at radius 1 is 1.50 bits per heavy atom. The van der Waals surface area contributed by atoms with E-state index in [9.17, 15) is 4.79 Å². The van der Waals surface area contributed by atoms with Gasteiger partial charge in [-0.1, -0.05) is 0 Å². The molecule has 74 valence electrons. The molecule has 0 aliphatic carbocycles. The van der Waals surface area contributed by atoms with Crippen LogP contribution in [0.5, 0.6) is 0 Å². The van der Waals surface area contributed by atoms with Gasteiger partial charge in [0.15, 0.2) is 0 Å². The van der Waals surface area contributed by atoms with Crippen molar-refractivity contribution >= 4 is 5.91 Å². The summed E-state index contributed by atoms with van der Waals surface area (Å²) in [4.78, 5) is 19.2. The van der Waals surface area contributed by atoms with Gasteiger partial charge in [0.2, 0.25) is 5.91 Å². The van der Waals surface area contributed by atoms with Crippen LogP contribution in [0.4, 0.5) is 0 Å². The van der Waals surface area contributed by atoms with Crippen molar-refractivity contribution in [3.8, 4) is 0 Å². The van der Waals surface area contributed by atoms with Crippen LogP contribution < -0.4 is 11.1 Å². The Kier molecular flexibility index (Phi) is 2.17. The number of fused-ring (bicyclic) bond motifs is 1. The van der Waals surface area contributed by atoms with Crippen LogP contribution in [0.1, 0.15) is 22.8 Å². The minimum atomic E-state index is -0.393. The van der Waals surface area contributed by atoms with Crippen molar-refractivity contribution in [2.24, 2.45) is 5.73 Å². The SMILES string of the molecule is Cc1nc(CC(N)=O)nc2c1CNC2. The minimum absolute atomic E-state index is 0.119. The smallest absolute Gasteiger partial charge is 0.225 e. The van der Waals surface area contributed by atoms with Crippen LogP contribution in [0, 0.1) is 6.92 Å². The number of carbonyl (C=O) groups is 1. The number of aryl methyl sites for hydroxylation is 1. The molecule has 1 aliphatic heterocycles. The molecule has 0 atom stereocenters. The summed E-state index contributed by atoms with van der Waals surface area (Å²) in [7, 11) is 0. The number of hydrogen-bond donors (Lipinski definition) is 2. The van der Waals surface area contributed by atoms with Crippen LogP contribution >= 0.6 is 0 Å². The lowest BCUT2D eigenvalue weighted by Gasteiger charge is -2.04. The predicted octanol–water partition coefficient (Wildman–Crippen LogP) is -0.584. The maximum absolute atomic E-state index is 10.7. The van der Waals surface area contributed by atoms with E-state index >= 15 is 0 Å². The van der Waals surface area contributed by atoms with Gasteiger partial charge >= 0.3 is 0 Å². The van der Waals surface area contributed by atoms with E-state index in [0.29, 0.717) is 5.82 Å². The molecule has 3 N–H and O–H groups in total. The molecule has 2 rings (SSSR count). The van der Waals surface area contributed by atoms with Gasteiger partial charge in [0.25, 0.3) is 0 Å². The van der Waals surface area contributed by atoms with Crippen molar-refractivity contribution in [3.05, 3.63) is 22.8 Å². The number of aromatic nitrogens is 2. The monoisotopic (exact) mass is 192 g/mol. The molecule has 0 bridgehead atoms. The van der Waals surface area contributed by atoms with Gasteiger partial charge < -0.3 is 11.1 Å². The van der Waals surface area contributed by atoms with E-state index < -0.39 is 5.91 Å². The number of amides is 1. The van der Waals surface area contributed by atoms with Crippen LogP contribution in [0.25, 0.3) is 0 Å². The normalized spacial score (nSPS) is 14.1. The molecule has 2 heterocycles. The standard InChI is InChI=1S/C9H12N4O/c1-5-6-3-11-4-7(6)13-9(12-5)2-8(10)14/h11H,2-4H2,1H3,(H2,10,14). The van der Waals surface area contributed by atoms with Crippen LogP contribution in [-0.4, -0.2) is 15.9 Å². The van der Waals surface area contributed by atoms with Crippen molar-refractivity contribution in [1.29, 1.82) is 0 Å². The number of nitrogens with zero attached hydrogens (tertiary/aromatic N) is 2. The van der Waals surface area contributed by atoms with E-state index in [2.05, 4.69) is 15.3 Å². The Morgan fingerprint density at radius 3 is 3.00 bits per heavy atom. The van der Waals surface area contributed by atoms with Crippen molar-refractivity contribution in [2.45, 2.75) is 26.4 Å². The van der Waals surface area contributed by atoms with Gasteiger partial charge in [-0.15, -0.1) is 0 Å². The number of hydrogen-bond acceptors (Lipinski definition) is 4. The van der Waals surface area contributed by atoms with E-state index in [0.717, 1.165) is 30.0 Å². The number of nitrogens with one attached hydrogen (secondary N) is 1. The van der Waals surface area contributed by atoms with Crippen molar-refractivity contribution in [3.63, 3.8) is 0 Å². The molecule has 1 aromatic rings. The second-order valence-corrected chi connectivity index (χ2v) is 3.40. The van der Waals surface area contributed by atoms with Crippen LogP contribution in [0.15, 0.2) is 0 Å². The molecule has 0 saturated carbocycles. The Morgan fingerprint density at radius 2 is 2.29 bits per heavy atom. The summed E-state index contributed by atoms with van der Waals surface area (Å²) in [6.07, 6.45) is 0.119. The lowest BCUT2D eigenvalue weighted by atomic mass is 10.2. The van der Waals surface area contributed by atoms with Crippen molar-refractivity contribution in [1.82, 2.24) is 15.3 Å². The van der Waals surface area contributed by atoms with E-state index in [4.69, 9.17) is 5.73 Å². The Bertz CT molecular complexity index is 389. The predicted molar refractivity (Wildman–Crippen MR) is 50.2 cm³/mol. The first-order chi connectivity index (χ1) is 6.66. The average molecular weight is 192 g/mol. The number of rotatable bonds is 2. The summed E-state index contributed by atoms with van der Waals surface area (Å²) < 4.78 is 0. The molecule has 1 amide bonds. The highest BCUT2D eigenvalue weighted by Crippen LogP contribution is 2.15. The fraction of sp³-hybridized carbons (Fsp3) is 0.444. The third-order valence-electron chi connectivity index (χ3n) is 2.27. The van der Waals surface area contributed by atoms with Gasteiger partial charge in [0.1, 0.15) is 5.82 Å². The van der Waals surface area contributed by atoms with Crippen LogP contribution in [0.2, 0.25) is 0 Å². The van der Waals surface area contributed by atoms with E-state index in [1.54, 1.807) is 0 Å². The largest absolute Gasteiger partial charge is 0.369 e. The zero-order chi connectivity index (χ0) is 10.1. The molecule has 0 aromatic carbocycles. The third kappa shape index (κ3) is 1.58. The highest BCUT2D eigenvalue weighted by molar-refractivity contribution is 5.75. The molecule has 0 fully saturated rings. The maximum atomic E-state index is 10.7. The number of primary amides is 1. The minimum Gasteiger partial charge on any atom is -0.369 e. The molecule has 0 unspecified atom stereocenters. The van der Waals surface area contributed by atoms with Gasteiger partial charge in [0.05, 0.1) is 12.1 Å². The Hall–Kier alpha value is -1.49. The Labute approximate surface area is 81.7 Å². The molecule has 14 heavy (non-hydrogen) atoms. The fourth-order valence-corrected chi connectivity index (χ4v) is 1.64. The molecule has 5 heteroatoms. The van der Waals surface area contributed by atoms with Gasteiger partial charge in [0, 0.05) is 24.3 Å². The maximum Gasteiger partial charge on any atom is 0.225 e. The molecule has 1 aliphatic rings. The zero-order valence-corrected chi connectivity index (χ0v) is 8.00. The summed E-state index contributed by atoms with van der Waals surface area (Å²) in [6, 6.07) is 0. The first-order valence-corrected chi connectivity index (χ1v) is 4.51. The number of nitrogens with two attached hydrogens (primary N) is 1. The van der Waals surface area contributed by atoms with Gasteiger partial charge in [-0.3, -0.25) is 4.79 Å². The molecular weight excluding hydrogens is 180 g/mol. The van der Waals surface area contributed by atoms with E-state index in [1.807, 2.05) is 6.92 Å². The number of carbonyl (C=O) groups excluding carboxylic acids is 1. The van der Waals surface area contributed by atoms with Gasteiger partial charge in [-0.2, -0.15) is 0 Å². The zero-order valence-electron chi connectivity index (χ0n) is 8.00. The topological polar surface area (TPSA) is 80.9 Å². The average Bonchev–Trinajstić information content (AvgIpc) is 2.50. The third-order valence-corrected chi connectivity index (χ3v) is 2.27. The molecule has 1 aromatic heterocycles. The van der Waals surface area contributed by atoms with Gasteiger partial charge in [-0.25, -0.2) is 9.97 Å². The van der Waals surface area contributed by atoms with Gasteiger partial charge in [-0.05, 0) is 6.92 Å². The highest BCUT2D eigenvalue weighted by atomic mass is 16.1. The summed E-state index contributed by atoms with van der Waals surface area (Å²) in [5, 5.41) is 3.19. The van der Waals surface area contributed by atoms with Crippen molar-refractivity contribution < 1.29 is 4.79 Å². The summed E-state index contributed by atoms with van der Waals surface area (Å²) in [5.41, 5.74) is 8.17. The summed E-state index contributed by atoms with van der Waals surface area (Å²) in [5.74, 6) is 0.132. The second-order valence-electron chi connectivity index (χ2n) is 3.40. The second kappa shape index (κ2) is 3.34. The molecule has 0 saturated heterocycles. The highest BCUT2D eigenvalue weighted by Gasteiger charge is 2.16. The Balaban J connectivity index is 2.36.